The van der Waals surface area contributed by atoms with E-state index in [1.54, 1.807) is 25.1 Å². The number of carbonyl (C=O) groups excluding carboxylic acids is 1. The van der Waals surface area contributed by atoms with E-state index >= 15 is 0 Å². The van der Waals surface area contributed by atoms with Crippen molar-refractivity contribution in [2.75, 3.05) is 6.54 Å². The van der Waals surface area contributed by atoms with Crippen LogP contribution < -0.4 is 10.4 Å². The van der Waals surface area contributed by atoms with Crippen molar-refractivity contribution < 1.29 is 23.8 Å². The molecule has 1 aromatic heterocycles. The van der Waals surface area contributed by atoms with E-state index < -0.39 is 23.7 Å². The fraction of sp³-hybridized carbons (Fsp3) is 0.421. The molecular weight excluding hydrogens is 338 g/mol. The number of amides is 1. The Hall–Kier alpha value is -2.83. The van der Waals surface area contributed by atoms with Crippen LogP contribution in [0.5, 0.6) is 5.75 Å². The van der Waals surface area contributed by atoms with E-state index in [0.29, 0.717) is 24.3 Å². The van der Waals surface area contributed by atoms with Gasteiger partial charge >= 0.3 is 11.6 Å². The molecule has 138 valence electrons. The molecule has 0 aliphatic carbocycles. The van der Waals surface area contributed by atoms with Gasteiger partial charge in [-0.25, -0.2) is 9.59 Å². The summed E-state index contributed by atoms with van der Waals surface area (Å²) in [5, 5.41) is 10.1. The highest BCUT2D eigenvalue weighted by molar-refractivity contribution is 5.87. The Bertz CT molecular complexity index is 903. The van der Waals surface area contributed by atoms with Gasteiger partial charge in [-0.15, -0.1) is 0 Å². The number of hydrogen-bond donors (Lipinski definition) is 1. The lowest BCUT2D eigenvalue weighted by Gasteiger charge is -2.34. The Morgan fingerprint density at radius 2 is 2.08 bits per heavy atom. The predicted molar refractivity (Wildman–Crippen MR) is 94.3 cm³/mol. The Kier molecular flexibility index (Phi) is 4.97. The number of ether oxygens (including phenoxy) is 1. The Morgan fingerprint density at radius 1 is 1.31 bits per heavy atom. The molecule has 0 bridgehead atoms. The molecule has 0 spiro atoms. The second-order valence-corrected chi connectivity index (χ2v) is 6.55. The molecule has 1 aliphatic rings. The van der Waals surface area contributed by atoms with Gasteiger partial charge in [0, 0.05) is 24.1 Å². The van der Waals surface area contributed by atoms with E-state index in [1.807, 2.05) is 6.92 Å². The highest BCUT2D eigenvalue weighted by Gasteiger charge is 2.34. The van der Waals surface area contributed by atoms with Crippen LogP contribution in [0, 0.1) is 6.92 Å². The molecule has 2 heterocycles. The fourth-order valence-electron chi connectivity index (χ4n) is 3.32. The maximum absolute atomic E-state index is 12.7. The average Bonchev–Trinajstić information content (AvgIpc) is 2.60. The number of piperidine rings is 1. The molecule has 1 saturated heterocycles. The summed E-state index contributed by atoms with van der Waals surface area (Å²) in [6, 6.07) is 5.64. The number of carboxylic acid groups (broad SMARTS) is 1. The van der Waals surface area contributed by atoms with Gasteiger partial charge in [0.2, 0.25) is 0 Å². The van der Waals surface area contributed by atoms with Crippen molar-refractivity contribution in [3.63, 3.8) is 0 Å². The molecule has 0 radical (unpaired) electrons. The van der Waals surface area contributed by atoms with Crippen molar-refractivity contribution >= 4 is 22.8 Å². The minimum atomic E-state index is -0.992. The first-order chi connectivity index (χ1) is 12.4. The van der Waals surface area contributed by atoms with E-state index in [-0.39, 0.29) is 5.91 Å². The van der Waals surface area contributed by atoms with Crippen molar-refractivity contribution in [1.29, 1.82) is 0 Å². The van der Waals surface area contributed by atoms with Gasteiger partial charge in [-0.05, 0) is 50.8 Å². The molecular formula is C19H21NO6. The van der Waals surface area contributed by atoms with Crippen molar-refractivity contribution in [2.45, 2.75) is 45.3 Å². The molecule has 7 heteroatoms. The molecule has 2 unspecified atom stereocenters. The van der Waals surface area contributed by atoms with Gasteiger partial charge in [-0.3, -0.25) is 4.79 Å². The van der Waals surface area contributed by atoms with E-state index in [1.165, 1.54) is 11.0 Å². The van der Waals surface area contributed by atoms with Crippen LogP contribution in [0.15, 0.2) is 33.5 Å². The molecule has 2 aromatic rings. The average molecular weight is 359 g/mol. The minimum Gasteiger partial charge on any atom is -0.481 e. The second-order valence-electron chi connectivity index (χ2n) is 6.55. The van der Waals surface area contributed by atoms with Crippen LogP contribution >= 0.6 is 0 Å². The third-order valence-corrected chi connectivity index (χ3v) is 4.65. The smallest absolute Gasteiger partial charge is 0.336 e. The summed E-state index contributed by atoms with van der Waals surface area (Å²) < 4.78 is 10.9. The first-order valence-corrected chi connectivity index (χ1v) is 8.61. The summed E-state index contributed by atoms with van der Waals surface area (Å²) in [6.07, 6.45) is 1.18. The van der Waals surface area contributed by atoms with Crippen LogP contribution in [-0.4, -0.2) is 40.6 Å². The summed E-state index contributed by atoms with van der Waals surface area (Å²) >= 11 is 0. The predicted octanol–water partition coefficient (Wildman–Crippen LogP) is 2.33. The molecule has 1 N–H and O–H groups in total. The number of nitrogens with zero attached hydrogens (tertiary/aromatic N) is 1. The van der Waals surface area contributed by atoms with Crippen molar-refractivity contribution in [3.05, 3.63) is 40.2 Å². The van der Waals surface area contributed by atoms with Gasteiger partial charge in [0.15, 0.2) is 6.10 Å². The quantitative estimate of drug-likeness (QED) is 0.842. The molecule has 26 heavy (non-hydrogen) atoms. The van der Waals surface area contributed by atoms with Gasteiger partial charge < -0.3 is 19.2 Å². The lowest BCUT2D eigenvalue weighted by atomic mass is 10.0. The van der Waals surface area contributed by atoms with E-state index in [0.717, 1.165) is 23.8 Å². The number of hydrogen-bond acceptors (Lipinski definition) is 5. The zero-order valence-corrected chi connectivity index (χ0v) is 14.7. The zero-order valence-electron chi connectivity index (χ0n) is 14.7. The van der Waals surface area contributed by atoms with Crippen LogP contribution in [0.1, 0.15) is 31.7 Å². The lowest BCUT2D eigenvalue weighted by Crippen LogP contribution is -2.52. The standard InChI is InChI=1S/C19H21NO6/c1-11-9-17(21)26-16-10-13(6-7-14(11)16)25-12(2)18(22)20-8-4-3-5-15(20)19(23)24/h6-7,9-10,12,15H,3-5,8H2,1-2H3,(H,23,24). The summed E-state index contributed by atoms with van der Waals surface area (Å²) in [5.74, 6) is -0.966. The zero-order chi connectivity index (χ0) is 18.8. The van der Waals surface area contributed by atoms with Gasteiger partial charge in [-0.2, -0.15) is 0 Å². The van der Waals surface area contributed by atoms with Gasteiger partial charge in [0.25, 0.3) is 5.91 Å². The van der Waals surface area contributed by atoms with Crippen molar-refractivity contribution in [3.8, 4) is 5.75 Å². The maximum atomic E-state index is 12.7. The molecule has 1 aromatic carbocycles. The normalized spacial score (nSPS) is 18.5. The Morgan fingerprint density at radius 3 is 2.81 bits per heavy atom. The molecule has 1 amide bonds. The molecule has 3 rings (SSSR count). The summed E-state index contributed by atoms with van der Waals surface area (Å²) in [4.78, 5) is 36.9. The summed E-state index contributed by atoms with van der Waals surface area (Å²) in [7, 11) is 0. The van der Waals surface area contributed by atoms with Crippen LogP contribution in [0.25, 0.3) is 11.0 Å². The van der Waals surface area contributed by atoms with Gasteiger partial charge in [-0.1, -0.05) is 0 Å². The summed E-state index contributed by atoms with van der Waals surface area (Å²) in [5.41, 5.74) is 0.729. The lowest BCUT2D eigenvalue weighted by molar-refractivity contribution is -0.155. The second kappa shape index (κ2) is 7.19. The topological polar surface area (TPSA) is 97.0 Å². The van der Waals surface area contributed by atoms with Crippen LogP contribution in [0.3, 0.4) is 0 Å². The number of fused-ring (bicyclic) bond motifs is 1. The first-order valence-electron chi connectivity index (χ1n) is 8.61. The van der Waals surface area contributed by atoms with Gasteiger partial charge in [0.05, 0.1) is 0 Å². The van der Waals surface area contributed by atoms with Crippen LogP contribution in [0.2, 0.25) is 0 Å². The fourth-order valence-corrected chi connectivity index (χ4v) is 3.32. The molecule has 7 nitrogen and oxygen atoms in total. The highest BCUT2D eigenvalue weighted by Crippen LogP contribution is 2.24. The monoisotopic (exact) mass is 359 g/mol. The first kappa shape index (κ1) is 18.0. The van der Waals surface area contributed by atoms with Crippen molar-refractivity contribution in [2.24, 2.45) is 0 Å². The number of benzene rings is 1. The third kappa shape index (κ3) is 3.56. The molecule has 1 aliphatic heterocycles. The number of aliphatic carboxylic acids is 1. The van der Waals surface area contributed by atoms with E-state index in [4.69, 9.17) is 9.15 Å². The highest BCUT2D eigenvalue weighted by atomic mass is 16.5. The SMILES string of the molecule is Cc1cc(=O)oc2cc(OC(C)C(=O)N3CCCCC3C(=O)O)ccc12. The summed E-state index contributed by atoms with van der Waals surface area (Å²) in [6.45, 7) is 3.82. The Labute approximate surface area is 150 Å². The Balaban J connectivity index is 1.79. The molecule has 0 saturated carbocycles. The van der Waals surface area contributed by atoms with Crippen LogP contribution in [-0.2, 0) is 9.59 Å². The number of carboxylic acids is 1. The minimum absolute atomic E-state index is 0.358. The molecule has 2 atom stereocenters. The number of carbonyl (C=O) groups is 2. The van der Waals surface area contributed by atoms with Crippen molar-refractivity contribution in [1.82, 2.24) is 4.90 Å². The number of likely N-dealkylation sites (tertiary alicyclic amines) is 1. The number of aryl methyl sites for hydroxylation is 1. The molecule has 1 fully saturated rings. The van der Waals surface area contributed by atoms with Gasteiger partial charge in [0.1, 0.15) is 17.4 Å². The number of rotatable bonds is 4. The van der Waals surface area contributed by atoms with Crippen LogP contribution in [0.4, 0.5) is 0 Å². The van der Waals surface area contributed by atoms with E-state index in [9.17, 15) is 19.5 Å². The largest absolute Gasteiger partial charge is 0.481 e. The maximum Gasteiger partial charge on any atom is 0.336 e. The van der Waals surface area contributed by atoms with E-state index in [2.05, 4.69) is 0 Å². The third-order valence-electron chi connectivity index (χ3n) is 4.65.